The Kier molecular flexibility index (Phi) is 17.4. The van der Waals surface area contributed by atoms with Gasteiger partial charge in [-0.3, -0.25) is 0 Å². The molecule has 0 radical (unpaired) electrons. The predicted octanol–water partition coefficient (Wildman–Crippen LogP) is 9.43. The molecule has 1 heteroatoms. The first kappa shape index (κ1) is 27.0. The first-order chi connectivity index (χ1) is 14.2. The summed E-state index contributed by atoms with van der Waals surface area (Å²) in [4.78, 5) is 0. The van der Waals surface area contributed by atoms with Gasteiger partial charge in [-0.25, -0.2) is 0 Å². The molecular formula is C28H57N. The fourth-order valence-corrected chi connectivity index (χ4v) is 5.26. The van der Waals surface area contributed by atoms with Crippen LogP contribution in [0.2, 0.25) is 0 Å². The largest absolute Gasteiger partial charge is 0.328 e. The molecule has 1 aliphatic carbocycles. The number of hydrogen-bond donors (Lipinski definition) is 1. The van der Waals surface area contributed by atoms with Crippen LogP contribution in [0.4, 0.5) is 0 Å². The summed E-state index contributed by atoms with van der Waals surface area (Å²) in [6.07, 6.45) is 29.8. The van der Waals surface area contributed by atoms with Gasteiger partial charge < -0.3 is 5.73 Å². The van der Waals surface area contributed by atoms with Crippen LogP contribution in [-0.4, -0.2) is 6.04 Å². The van der Waals surface area contributed by atoms with Crippen molar-refractivity contribution in [3.8, 4) is 0 Å². The summed E-state index contributed by atoms with van der Waals surface area (Å²) in [6.45, 7) is 7.13. The number of hydrogen-bond acceptors (Lipinski definition) is 1. The smallest absolute Gasteiger partial charge is 0.00388 e. The molecule has 0 heterocycles. The third kappa shape index (κ3) is 15.4. The van der Waals surface area contributed by atoms with Crippen molar-refractivity contribution in [2.24, 2.45) is 23.5 Å². The minimum atomic E-state index is 0.467. The van der Waals surface area contributed by atoms with Gasteiger partial charge in [-0.1, -0.05) is 136 Å². The van der Waals surface area contributed by atoms with Crippen molar-refractivity contribution in [3.63, 3.8) is 0 Å². The van der Waals surface area contributed by atoms with Crippen LogP contribution in [0.25, 0.3) is 0 Å². The summed E-state index contributed by atoms with van der Waals surface area (Å²) in [5, 5.41) is 0. The zero-order valence-corrected chi connectivity index (χ0v) is 20.7. The zero-order valence-electron chi connectivity index (χ0n) is 20.7. The average Bonchev–Trinajstić information content (AvgIpc) is 3.49. The molecule has 1 nitrogen and oxygen atoms in total. The summed E-state index contributed by atoms with van der Waals surface area (Å²) >= 11 is 0. The van der Waals surface area contributed by atoms with Crippen LogP contribution in [0, 0.1) is 17.8 Å². The van der Waals surface area contributed by atoms with Crippen molar-refractivity contribution in [3.05, 3.63) is 0 Å². The second-order valence-corrected chi connectivity index (χ2v) is 10.5. The SMILES string of the molecule is CCCCCCCCC(N)CCCCCCC(C)[C@@H]1C[C@H]1CCCCCCCC. The lowest BCUT2D eigenvalue weighted by molar-refractivity contribution is 0.404. The standard InChI is InChI=1S/C28H57N/c1-4-6-8-10-12-17-21-26-24-28(26)25(3)20-16-14-15-19-23-27(29)22-18-13-11-9-7-5-2/h25-28H,4-24,29H2,1-3H3/t25?,26-,27?,28+/m1/s1. The van der Waals surface area contributed by atoms with Crippen LogP contribution in [0.1, 0.15) is 156 Å². The van der Waals surface area contributed by atoms with Crippen LogP contribution in [0.15, 0.2) is 0 Å². The first-order valence-electron chi connectivity index (χ1n) is 13.9. The molecule has 1 saturated carbocycles. The van der Waals surface area contributed by atoms with Crippen LogP contribution in [-0.2, 0) is 0 Å². The quantitative estimate of drug-likeness (QED) is 0.178. The van der Waals surface area contributed by atoms with Crippen molar-refractivity contribution in [2.45, 2.75) is 162 Å². The third-order valence-corrected chi connectivity index (χ3v) is 7.55. The van der Waals surface area contributed by atoms with E-state index in [1.54, 1.807) is 6.42 Å². The topological polar surface area (TPSA) is 26.0 Å². The van der Waals surface area contributed by atoms with Gasteiger partial charge >= 0.3 is 0 Å². The maximum absolute atomic E-state index is 6.31. The molecule has 1 fully saturated rings. The summed E-state index contributed by atoms with van der Waals surface area (Å²) in [5.41, 5.74) is 6.31. The van der Waals surface area contributed by atoms with Gasteiger partial charge in [-0.15, -0.1) is 0 Å². The first-order valence-corrected chi connectivity index (χ1v) is 13.9. The Morgan fingerprint density at radius 3 is 1.62 bits per heavy atom. The van der Waals surface area contributed by atoms with Gasteiger partial charge in [0.05, 0.1) is 0 Å². The van der Waals surface area contributed by atoms with Gasteiger partial charge in [-0.05, 0) is 37.0 Å². The Morgan fingerprint density at radius 1 is 0.621 bits per heavy atom. The fraction of sp³-hybridized carbons (Fsp3) is 1.00. The molecule has 4 atom stereocenters. The molecule has 0 bridgehead atoms. The van der Waals surface area contributed by atoms with E-state index in [-0.39, 0.29) is 0 Å². The van der Waals surface area contributed by atoms with Gasteiger partial charge in [0.1, 0.15) is 0 Å². The minimum absolute atomic E-state index is 0.467. The molecule has 2 N–H and O–H groups in total. The molecule has 0 aromatic heterocycles. The third-order valence-electron chi connectivity index (χ3n) is 7.55. The van der Waals surface area contributed by atoms with Gasteiger partial charge in [0.25, 0.3) is 0 Å². The van der Waals surface area contributed by atoms with E-state index in [4.69, 9.17) is 5.73 Å². The fourth-order valence-electron chi connectivity index (χ4n) is 5.26. The second-order valence-electron chi connectivity index (χ2n) is 10.5. The normalized spacial score (nSPS) is 20.7. The average molecular weight is 408 g/mol. The lowest BCUT2D eigenvalue weighted by Crippen LogP contribution is -2.19. The van der Waals surface area contributed by atoms with Crippen LogP contribution >= 0.6 is 0 Å². The molecule has 0 aromatic rings. The summed E-state index contributed by atoms with van der Waals surface area (Å²) in [7, 11) is 0. The number of unbranched alkanes of at least 4 members (excludes halogenated alkanes) is 13. The van der Waals surface area contributed by atoms with Crippen LogP contribution < -0.4 is 5.73 Å². The Labute approximate surface area is 185 Å². The zero-order chi connectivity index (χ0) is 21.2. The van der Waals surface area contributed by atoms with Crippen molar-refractivity contribution >= 4 is 0 Å². The molecular weight excluding hydrogens is 350 g/mol. The predicted molar refractivity (Wildman–Crippen MR) is 132 cm³/mol. The summed E-state index contributed by atoms with van der Waals surface area (Å²) in [5.74, 6) is 3.16. The monoisotopic (exact) mass is 407 g/mol. The Bertz CT molecular complexity index is 339. The molecule has 174 valence electrons. The number of rotatable bonds is 22. The molecule has 1 aliphatic rings. The van der Waals surface area contributed by atoms with E-state index in [0.29, 0.717) is 6.04 Å². The van der Waals surface area contributed by atoms with E-state index in [2.05, 4.69) is 20.8 Å². The van der Waals surface area contributed by atoms with Crippen LogP contribution in [0.3, 0.4) is 0 Å². The lowest BCUT2D eigenvalue weighted by atomic mass is 9.95. The second kappa shape index (κ2) is 18.7. The molecule has 0 saturated heterocycles. The van der Waals surface area contributed by atoms with Gasteiger partial charge in [0.15, 0.2) is 0 Å². The van der Waals surface area contributed by atoms with E-state index >= 15 is 0 Å². The summed E-state index contributed by atoms with van der Waals surface area (Å²) in [6, 6.07) is 0.467. The van der Waals surface area contributed by atoms with E-state index < -0.39 is 0 Å². The van der Waals surface area contributed by atoms with E-state index in [0.717, 1.165) is 17.8 Å². The van der Waals surface area contributed by atoms with Crippen molar-refractivity contribution in [1.82, 2.24) is 0 Å². The van der Waals surface area contributed by atoms with Gasteiger partial charge in [0, 0.05) is 6.04 Å². The van der Waals surface area contributed by atoms with Gasteiger partial charge in [0.2, 0.25) is 0 Å². The minimum Gasteiger partial charge on any atom is -0.328 e. The van der Waals surface area contributed by atoms with Crippen molar-refractivity contribution in [1.29, 1.82) is 0 Å². The van der Waals surface area contributed by atoms with E-state index in [1.807, 2.05) is 0 Å². The highest BCUT2D eigenvalue weighted by molar-refractivity contribution is 4.89. The molecule has 1 rings (SSSR count). The van der Waals surface area contributed by atoms with Gasteiger partial charge in [-0.2, -0.15) is 0 Å². The molecule has 0 aliphatic heterocycles. The Hall–Kier alpha value is -0.0400. The number of nitrogens with two attached hydrogens (primary N) is 1. The molecule has 0 aromatic carbocycles. The molecule has 0 spiro atoms. The highest BCUT2D eigenvalue weighted by Crippen LogP contribution is 2.48. The molecule has 29 heavy (non-hydrogen) atoms. The maximum Gasteiger partial charge on any atom is 0.00388 e. The van der Waals surface area contributed by atoms with E-state index in [1.165, 1.54) is 128 Å². The maximum atomic E-state index is 6.31. The lowest BCUT2D eigenvalue weighted by Gasteiger charge is -2.13. The van der Waals surface area contributed by atoms with Crippen molar-refractivity contribution in [2.75, 3.05) is 0 Å². The Balaban J connectivity index is 1.84. The van der Waals surface area contributed by atoms with Crippen LogP contribution in [0.5, 0.6) is 0 Å². The molecule has 2 unspecified atom stereocenters. The van der Waals surface area contributed by atoms with Crippen molar-refractivity contribution < 1.29 is 0 Å². The Morgan fingerprint density at radius 2 is 1.07 bits per heavy atom. The highest BCUT2D eigenvalue weighted by Gasteiger charge is 2.39. The summed E-state index contributed by atoms with van der Waals surface area (Å²) < 4.78 is 0. The molecule has 0 amide bonds. The van der Waals surface area contributed by atoms with E-state index in [9.17, 15) is 0 Å². The highest BCUT2D eigenvalue weighted by atomic mass is 14.6.